The maximum absolute atomic E-state index is 12.1. The Morgan fingerprint density at radius 1 is 1.42 bits per heavy atom. The molecule has 2 N–H and O–H groups in total. The van der Waals surface area contributed by atoms with E-state index < -0.39 is 22.0 Å². The van der Waals surface area contributed by atoms with Crippen molar-refractivity contribution in [2.24, 2.45) is 0 Å². The van der Waals surface area contributed by atoms with Crippen LogP contribution in [0.4, 0.5) is 0 Å². The van der Waals surface area contributed by atoms with Gasteiger partial charge in [0.2, 0.25) is 10.0 Å². The monoisotopic (exact) mass is 303 g/mol. The SMILES string of the molecule is CSCC[C@@H](NS(=O)(=O)c1ccccc1C)C(=O)O. The first kappa shape index (κ1) is 16.0. The average Bonchev–Trinajstić information content (AvgIpc) is 2.34. The van der Waals surface area contributed by atoms with E-state index in [2.05, 4.69) is 4.72 Å². The first-order chi connectivity index (χ1) is 8.88. The molecule has 0 aliphatic rings. The number of aryl methyl sites for hydroxylation is 1. The van der Waals surface area contributed by atoms with Gasteiger partial charge in [-0.3, -0.25) is 4.79 Å². The minimum absolute atomic E-state index is 0.116. The topological polar surface area (TPSA) is 83.5 Å². The second-order valence-electron chi connectivity index (χ2n) is 4.06. The Labute approximate surface area is 117 Å². The summed E-state index contributed by atoms with van der Waals surface area (Å²) in [5, 5.41) is 9.04. The van der Waals surface area contributed by atoms with Crippen molar-refractivity contribution in [3.05, 3.63) is 29.8 Å². The van der Waals surface area contributed by atoms with Crippen LogP contribution < -0.4 is 4.72 Å². The second kappa shape index (κ2) is 6.93. The molecule has 0 bridgehead atoms. The Hall–Kier alpha value is -1.05. The van der Waals surface area contributed by atoms with Crippen molar-refractivity contribution in [2.75, 3.05) is 12.0 Å². The van der Waals surface area contributed by atoms with E-state index in [1.807, 2.05) is 6.26 Å². The average molecular weight is 303 g/mol. The quantitative estimate of drug-likeness (QED) is 0.797. The first-order valence-electron chi connectivity index (χ1n) is 5.68. The predicted molar refractivity (Wildman–Crippen MR) is 75.9 cm³/mol. The van der Waals surface area contributed by atoms with Gasteiger partial charge in [-0.05, 0) is 37.0 Å². The number of carboxylic acids is 1. The molecule has 106 valence electrons. The van der Waals surface area contributed by atoms with Crippen LogP contribution in [0.25, 0.3) is 0 Å². The van der Waals surface area contributed by atoms with Crippen molar-refractivity contribution in [3.8, 4) is 0 Å². The molecule has 0 heterocycles. The van der Waals surface area contributed by atoms with Gasteiger partial charge in [-0.1, -0.05) is 18.2 Å². The van der Waals surface area contributed by atoms with E-state index >= 15 is 0 Å². The molecule has 0 fully saturated rings. The summed E-state index contributed by atoms with van der Waals surface area (Å²) in [5.74, 6) is -0.584. The number of thioether (sulfide) groups is 1. The molecular formula is C12H17NO4S2. The first-order valence-corrected chi connectivity index (χ1v) is 8.56. The number of hydrogen-bond acceptors (Lipinski definition) is 4. The number of rotatable bonds is 7. The van der Waals surface area contributed by atoms with E-state index in [1.165, 1.54) is 17.8 Å². The van der Waals surface area contributed by atoms with E-state index in [9.17, 15) is 13.2 Å². The molecule has 0 radical (unpaired) electrons. The Morgan fingerprint density at radius 3 is 2.58 bits per heavy atom. The van der Waals surface area contributed by atoms with Gasteiger partial charge in [0.15, 0.2) is 0 Å². The minimum atomic E-state index is -3.81. The van der Waals surface area contributed by atoms with Crippen LogP contribution in [0.1, 0.15) is 12.0 Å². The van der Waals surface area contributed by atoms with Gasteiger partial charge in [-0.15, -0.1) is 0 Å². The number of carboxylic acid groups (broad SMARTS) is 1. The molecule has 0 spiro atoms. The summed E-state index contributed by atoms with van der Waals surface area (Å²) in [6.07, 6.45) is 2.09. The third-order valence-electron chi connectivity index (χ3n) is 2.59. The Balaban J connectivity index is 2.95. The van der Waals surface area contributed by atoms with Gasteiger partial charge in [0.1, 0.15) is 6.04 Å². The number of carbonyl (C=O) groups is 1. The lowest BCUT2D eigenvalue weighted by atomic mass is 10.2. The van der Waals surface area contributed by atoms with Gasteiger partial charge >= 0.3 is 5.97 Å². The van der Waals surface area contributed by atoms with E-state index in [-0.39, 0.29) is 11.3 Å². The zero-order valence-electron chi connectivity index (χ0n) is 10.8. The van der Waals surface area contributed by atoms with Crippen LogP contribution in [0.5, 0.6) is 0 Å². The summed E-state index contributed by atoms with van der Waals surface area (Å²) in [6.45, 7) is 1.67. The molecule has 19 heavy (non-hydrogen) atoms. The van der Waals surface area contributed by atoms with E-state index in [0.29, 0.717) is 11.3 Å². The van der Waals surface area contributed by atoms with Crippen LogP contribution in [0.3, 0.4) is 0 Å². The molecule has 0 aromatic heterocycles. The molecule has 0 saturated heterocycles. The highest BCUT2D eigenvalue weighted by atomic mass is 32.2. The number of benzene rings is 1. The normalized spacial score (nSPS) is 13.2. The Morgan fingerprint density at radius 2 is 2.05 bits per heavy atom. The summed E-state index contributed by atoms with van der Waals surface area (Å²) in [4.78, 5) is 11.2. The van der Waals surface area contributed by atoms with Gasteiger partial charge in [0.25, 0.3) is 0 Å². The number of hydrogen-bond donors (Lipinski definition) is 2. The van der Waals surface area contributed by atoms with Crippen molar-refractivity contribution < 1.29 is 18.3 Å². The van der Waals surface area contributed by atoms with Crippen molar-refractivity contribution in [1.29, 1.82) is 0 Å². The molecule has 1 aromatic rings. The van der Waals surface area contributed by atoms with Gasteiger partial charge in [0, 0.05) is 0 Å². The van der Waals surface area contributed by atoms with E-state index in [4.69, 9.17) is 5.11 Å². The third kappa shape index (κ3) is 4.52. The summed E-state index contributed by atoms with van der Waals surface area (Å²) < 4.78 is 26.5. The van der Waals surface area contributed by atoms with Crippen molar-refractivity contribution in [2.45, 2.75) is 24.3 Å². The highest BCUT2D eigenvalue weighted by Gasteiger charge is 2.25. The lowest BCUT2D eigenvalue weighted by molar-refractivity contribution is -0.139. The molecule has 7 heteroatoms. The fourth-order valence-corrected chi connectivity index (χ4v) is 3.52. The summed E-state index contributed by atoms with van der Waals surface area (Å²) in [5.41, 5.74) is 0.587. The van der Waals surface area contributed by atoms with Crippen molar-refractivity contribution in [1.82, 2.24) is 4.72 Å². The lowest BCUT2D eigenvalue weighted by Crippen LogP contribution is -2.41. The van der Waals surface area contributed by atoms with Crippen LogP contribution in [0, 0.1) is 6.92 Å². The van der Waals surface area contributed by atoms with Gasteiger partial charge in [0.05, 0.1) is 4.90 Å². The molecule has 0 aliphatic heterocycles. The maximum atomic E-state index is 12.1. The predicted octanol–water partition coefficient (Wildman–Crippen LogP) is 1.48. The van der Waals surface area contributed by atoms with Crippen LogP contribution in [-0.2, 0) is 14.8 Å². The molecule has 5 nitrogen and oxygen atoms in total. The summed E-state index contributed by atoms with van der Waals surface area (Å²) in [6, 6.07) is 5.38. The fraction of sp³-hybridized carbons (Fsp3) is 0.417. The smallest absolute Gasteiger partial charge is 0.321 e. The second-order valence-corrected chi connectivity index (χ2v) is 6.73. The molecule has 0 saturated carbocycles. The molecule has 1 rings (SSSR count). The highest BCUT2D eigenvalue weighted by molar-refractivity contribution is 7.98. The molecule has 0 aliphatic carbocycles. The fourth-order valence-electron chi connectivity index (χ4n) is 1.58. The van der Waals surface area contributed by atoms with Crippen LogP contribution >= 0.6 is 11.8 Å². The zero-order valence-corrected chi connectivity index (χ0v) is 12.4. The third-order valence-corrected chi connectivity index (χ3v) is 4.87. The maximum Gasteiger partial charge on any atom is 0.321 e. The number of nitrogens with one attached hydrogen (secondary N) is 1. The number of sulfonamides is 1. The Kier molecular flexibility index (Phi) is 5.84. The molecule has 1 atom stereocenters. The van der Waals surface area contributed by atoms with Crippen molar-refractivity contribution >= 4 is 27.8 Å². The largest absolute Gasteiger partial charge is 0.480 e. The van der Waals surface area contributed by atoms with Gasteiger partial charge < -0.3 is 5.11 Å². The molecular weight excluding hydrogens is 286 g/mol. The molecule has 0 amide bonds. The summed E-state index contributed by atoms with van der Waals surface area (Å²) in [7, 11) is -3.81. The molecule has 1 aromatic carbocycles. The summed E-state index contributed by atoms with van der Waals surface area (Å²) >= 11 is 1.47. The van der Waals surface area contributed by atoms with E-state index in [0.717, 1.165) is 0 Å². The lowest BCUT2D eigenvalue weighted by Gasteiger charge is -2.15. The van der Waals surface area contributed by atoms with Crippen LogP contribution in [0.2, 0.25) is 0 Å². The minimum Gasteiger partial charge on any atom is -0.480 e. The number of aliphatic carboxylic acids is 1. The van der Waals surface area contributed by atoms with E-state index in [1.54, 1.807) is 25.1 Å². The molecule has 0 unspecified atom stereocenters. The Bertz CT molecular complexity index is 542. The van der Waals surface area contributed by atoms with Gasteiger partial charge in [-0.2, -0.15) is 16.5 Å². The zero-order chi connectivity index (χ0) is 14.5. The van der Waals surface area contributed by atoms with Crippen LogP contribution in [-0.4, -0.2) is 37.5 Å². The van der Waals surface area contributed by atoms with Gasteiger partial charge in [-0.25, -0.2) is 8.42 Å². The van der Waals surface area contributed by atoms with Crippen LogP contribution in [0.15, 0.2) is 29.2 Å². The standard InChI is InChI=1S/C12H17NO4S2/c1-9-5-3-4-6-11(9)19(16,17)13-10(12(14)15)7-8-18-2/h3-6,10,13H,7-8H2,1-2H3,(H,14,15)/t10-/m1/s1. The van der Waals surface area contributed by atoms with Crippen molar-refractivity contribution in [3.63, 3.8) is 0 Å². The highest BCUT2D eigenvalue weighted by Crippen LogP contribution is 2.15.